The van der Waals surface area contributed by atoms with Crippen LogP contribution in [-0.2, 0) is 9.78 Å². The number of carbonyl (C=O) groups is 2. The molecule has 7 nitrogen and oxygen atoms in total. The molecule has 3 aliphatic heterocycles. The molecule has 3 fully saturated rings. The van der Waals surface area contributed by atoms with E-state index in [0.717, 1.165) is 25.9 Å². The van der Waals surface area contributed by atoms with Gasteiger partial charge >= 0.3 is 12.2 Å². The molecular weight excluding hydrogens is 190 g/mol. The Balaban J connectivity index is 1.83. The molecule has 2 unspecified atom stereocenters. The van der Waals surface area contributed by atoms with Crippen LogP contribution in [0.5, 0.6) is 0 Å². The number of primary amides is 1. The standard InChI is InChI=1S/C7H11N3O4/c8-6(11)13-14-7(12)10-5-2-1-3-9(10)4-5/h5H,1-4H2,(H2,8,11). The van der Waals surface area contributed by atoms with Crippen LogP contribution in [0.15, 0.2) is 0 Å². The van der Waals surface area contributed by atoms with E-state index < -0.39 is 12.2 Å². The highest BCUT2D eigenvalue weighted by Gasteiger charge is 2.44. The third-order valence-electron chi connectivity index (χ3n) is 2.41. The first-order valence-corrected chi connectivity index (χ1v) is 4.40. The van der Waals surface area contributed by atoms with Gasteiger partial charge in [-0.3, -0.25) is 0 Å². The van der Waals surface area contributed by atoms with Crippen LogP contribution >= 0.6 is 0 Å². The van der Waals surface area contributed by atoms with Crippen molar-refractivity contribution in [3.8, 4) is 0 Å². The van der Waals surface area contributed by atoms with Gasteiger partial charge in [-0.15, -0.1) is 0 Å². The second-order valence-corrected chi connectivity index (χ2v) is 3.30. The molecule has 3 rings (SSSR count). The second kappa shape index (κ2) is 3.33. The van der Waals surface area contributed by atoms with Gasteiger partial charge in [0.2, 0.25) is 0 Å². The van der Waals surface area contributed by atoms with Crippen LogP contribution < -0.4 is 5.73 Å². The zero-order valence-corrected chi connectivity index (χ0v) is 7.51. The third kappa shape index (κ3) is 1.46. The van der Waals surface area contributed by atoms with Gasteiger partial charge < -0.3 is 5.73 Å². The van der Waals surface area contributed by atoms with Crippen molar-refractivity contribution in [2.24, 2.45) is 5.73 Å². The van der Waals surface area contributed by atoms with Crippen molar-refractivity contribution in [2.45, 2.75) is 18.9 Å². The first kappa shape index (κ1) is 9.07. The smallest absolute Gasteiger partial charge is 0.332 e. The number of fused-ring (bicyclic) bond motifs is 2. The number of rotatable bonds is 0. The molecule has 0 aromatic heterocycles. The lowest BCUT2D eigenvalue weighted by Gasteiger charge is -2.53. The summed E-state index contributed by atoms with van der Waals surface area (Å²) >= 11 is 0. The number of hydrogen-bond acceptors (Lipinski definition) is 5. The maximum atomic E-state index is 11.3. The number of piperidine rings is 1. The molecule has 0 aromatic carbocycles. The summed E-state index contributed by atoms with van der Waals surface area (Å²) in [7, 11) is 0. The molecule has 78 valence electrons. The highest BCUT2D eigenvalue weighted by molar-refractivity contribution is 5.70. The lowest BCUT2D eigenvalue weighted by atomic mass is 10.0. The zero-order chi connectivity index (χ0) is 10.1. The molecule has 3 saturated heterocycles. The monoisotopic (exact) mass is 201 g/mol. The lowest BCUT2D eigenvalue weighted by Crippen LogP contribution is -2.69. The van der Waals surface area contributed by atoms with E-state index in [-0.39, 0.29) is 6.04 Å². The maximum absolute atomic E-state index is 11.3. The van der Waals surface area contributed by atoms with E-state index in [2.05, 4.69) is 15.5 Å². The molecular formula is C7H11N3O4. The predicted molar refractivity (Wildman–Crippen MR) is 43.6 cm³/mol. The van der Waals surface area contributed by atoms with E-state index in [1.165, 1.54) is 5.01 Å². The van der Waals surface area contributed by atoms with Crippen LogP contribution in [0.25, 0.3) is 0 Å². The Morgan fingerprint density at radius 1 is 1.36 bits per heavy atom. The Morgan fingerprint density at radius 2 is 2.14 bits per heavy atom. The van der Waals surface area contributed by atoms with Gasteiger partial charge in [0.25, 0.3) is 0 Å². The number of nitrogens with zero attached hydrogens (tertiary/aromatic N) is 2. The summed E-state index contributed by atoms with van der Waals surface area (Å²) in [5.74, 6) is 0. The average Bonchev–Trinajstić information content (AvgIpc) is 2.16. The fraction of sp³-hybridized carbons (Fsp3) is 0.714. The quantitative estimate of drug-likeness (QED) is 0.434. The predicted octanol–water partition coefficient (Wildman–Crippen LogP) is -0.172. The van der Waals surface area contributed by atoms with Gasteiger partial charge in [0, 0.05) is 13.1 Å². The molecule has 2 bridgehead atoms. The first-order chi connectivity index (χ1) is 6.68. The fourth-order valence-corrected chi connectivity index (χ4v) is 1.84. The van der Waals surface area contributed by atoms with Crippen LogP contribution in [0.1, 0.15) is 12.8 Å². The highest BCUT2D eigenvalue weighted by atomic mass is 17.2. The molecule has 14 heavy (non-hydrogen) atoms. The summed E-state index contributed by atoms with van der Waals surface area (Å²) in [5.41, 5.74) is 4.65. The summed E-state index contributed by atoms with van der Waals surface area (Å²) in [6.45, 7) is 1.70. The molecule has 0 radical (unpaired) electrons. The molecule has 2 atom stereocenters. The maximum Gasteiger partial charge on any atom is 0.467 e. The van der Waals surface area contributed by atoms with E-state index in [0.29, 0.717) is 0 Å². The topological polar surface area (TPSA) is 85.1 Å². The van der Waals surface area contributed by atoms with Gasteiger partial charge in [0.15, 0.2) is 0 Å². The number of hydrogen-bond donors (Lipinski definition) is 1. The van der Waals surface area contributed by atoms with Gasteiger partial charge in [-0.1, -0.05) is 0 Å². The largest absolute Gasteiger partial charge is 0.467 e. The number of nitrogens with two attached hydrogens (primary N) is 1. The molecule has 0 spiro atoms. The van der Waals surface area contributed by atoms with Gasteiger partial charge in [-0.25, -0.2) is 29.4 Å². The number of amides is 2. The molecule has 0 saturated carbocycles. The number of hydrazine groups is 1. The summed E-state index contributed by atoms with van der Waals surface area (Å²) < 4.78 is 0. The van der Waals surface area contributed by atoms with E-state index in [4.69, 9.17) is 0 Å². The van der Waals surface area contributed by atoms with Crippen molar-refractivity contribution in [3.05, 3.63) is 0 Å². The first-order valence-electron chi connectivity index (χ1n) is 4.40. The van der Waals surface area contributed by atoms with Gasteiger partial charge in [0.05, 0.1) is 6.04 Å². The minimum absolute atomic E-state index is 0.188. The Labute approximate surface area is 80.2 Å². The Morgan fingerprint density at radius 3 is 2.64 bits per heavy atom. The summed E-state index contributed by atoms with van der Waals surface area (Å²) in [4.78, 5) is 29.6. The Kier molecular flexibility index (Phi) is 2.16. The fourth-order valence-electron chi connectivity index (χ4n) is 1.84. The second-order valence-electron chi connectivity index (χ2n) is 3.30. The van der Waals surface area contributed by atoms with E-state index in [1.807, 2.05) is 5.01 Å². The van der Waals surface area contributed by atoms with Crippen molar-refractivity contribution >= 4 is 12.2 Å². The number of carbonyl (C=O) groups excluding carboxylic acids is 2. The van der Waals surface area contributed by atoms with E-state index in [9.17, 15) is 9.59 Å². The van der Waals surface area contributed by atoms with E-state index >= 15 is 0 Å². The lowest BCUT2D eigenvalue weighted by molar-refractivity contribution is -0.235. The van der Waals surface area contributed by atoms with Crippen LogP contribution in [0.2, 0.25) is 0 Å². The normalized spacial score (nSPS) is 29.0. The van der Waals surface area contributed by atoms with Crippen molar-refractivity contribution in [3.63, 3.8) is 0 Å². The van der Waals surface area contributed by atoms with Crippen LogP contribution in [0.4, 0.5) is 9.59 Å². The van der Waals surface area contributed by atoms with Crippen molar-refractivity contribution in [2.75, 3.05) is 13.1 Å². The van der Waals surface area contributed by atoms with Crippen molar-refractivity contribution in [1.29, 1.82) is 0 Å². The summed E-state index contributed by atoms with van der Waals surface area (Å²) in [5, 5.41) is 3.30. The van der Waals surface area contributed by atoms with Gasteiger partial charge in [-0.05, 0) is 12.8 Å². The molecule has 3 aliphatic rings. The molecule has 2 N–H and O–H groups in total. The molecule has 0 aliphatic carbocycles. The SMILES string of the molecule is NC(=O)OOC(=O)N1C2CCCN1C2. The summed E-state index contributed by atoms with van der Waals surface area (Å²) in [6.07, 6.45) is 0.228. The molecule has 7 heteroatoms. The van der Waals surface area contributed by atoms with Gasteiger partial charge in [-0.2, -0.15) is 0 Å². The van der Waals surface area contributed by atoms with Crippen LogP contribution in [-0.4, -0.2) is 41.3 Å². The van der Waals surface area contributed by atoms with E-state index in [1.54, 1.807) is 0 Å². The van der Waals surface area contributed by atoms with Gasteiger partial charge in [0.1, 0.15) is 0 Å². The molecule has 2 amide bonds. The van der Waals surface area contributed by atoms with Crippen LogP contribution in [0, 0.1) is 0 Å². The molecule has 0 aromatic rings. The molecule has 3 heterocycles. The minimum Gasteiger partial charge on any atom is -0.332 e. The van der Waals surface area contributed by atoms with Crippen molar-refractivity contribution < 1.29 is 19.4 Å². The Bertz CT molecular complexity index is 256. The minimum atomic E-state index is -1.13. The average molecular weight is 201 g/mol. The Hall–Kier alpha value is -1.50. The van der Waals surface area contributed by atoms with Crippen LogP contribution in [0.3, 0.4) is 0 Å². The third-order valence-corrected chi connectivity index (χ3v) is 2.41. The van der Waals surface area contributed by atoms with Crippen molar-refractivity contribution in [1.82, 2.24) is 10.0 Å². The summed E-state index contributed by atoms with van der Waals surface area (Å²) in [6, 6.07) is 0.188. The zero-order valence-electron chi connectivity index (χ0n) is 7.51. The highest BCUT2D eigenvalue weighted by Crippen LogP contribution is 2.28.